The number of nitrogen functional groups attached to an aromatic ring is 1. The third kappa shape index (κ3) is 4.33. The zero-order valence-electron chi connectivity index (χ0n) is 12.3. The molecule has 0 aliphatic carbocycles. The molecule has 2 heterocycles. The number of amides is 1. The molecule has 1 aliphatic rings. The van der Waals surface area contributed by atoms with Crippen LogP contribution in [0.4, 0.5) is 5.82 Å². The molecule has 3 N–H and O–H groups in total. The molecule has 0 aromatic carbocycles. The van der Waals surface area contributed by atoms with Crippen LogP contribution in [0, 0.1) is 0 Å². The number of aromatic nitrogens is 2. The number of nitrogens with one attached hydrogen (secondary N) is 1. The number of ether oxygens (including phenoxy) is 1. The number of hydrogen-bond acceptors (Lipinski definition) is 5. The molecule has 0 radical (unpaired) electrons. The molecular weight excluding hydrogens is 294 g/mol. The van der Waals surface area contributed by atoms with Crippen molar-refractivity contribution in [1.29, 1.82) is 0 Å². The number of rotatable bonds is 6. The quantitative estimate of drug-likeness (QED) is 0.759. The van der Waals surface area contributed by atoms with Crippen molar-refractivity contribution in [2.45, 2.75) is 12.8 Å². The second-order valence-electron chi connectivity index (χ2n) is 5.19. The first-order valence-electron chi connectivity index (χ1n) is 7.14. The summed E-state index contributed by atoms with van der Waals surface area (Å²) in [7, 11) is 1.75. The predicted molar refractivity (Wildman–Crippen MR) is 81.5 cm³/mol. The van der Waals surface area contributed by atoms with Gasteiger partial charge in [0, 0.05) is 26.7 Å². The van der Waals surface area contributed by atoms with Gasteiger partial charge in [-0.3, -0.25) is 14.8 Å². The normalized spacial score (nSPS) is 16.1. The standard InChI is InChI=1S/C13H22ClN5O2/c1-18(13(20)11-10(14)12(15)17-16-11)4-2-3-5-19-6-8-21-9-7-19/h2-9H2,1H3,(H3,15,16,17). The van der Waals surface area contributed by atoms with E-state index in [0.29, 0.717) is 6.54 Å². The Labute approximate surface area is 129 Å². The number of morpholine rings is 1. The van der Waals surface area contributed by atoms with Crippen molar-refractivity contribution in [3.8, 4) is 0 Å². The lowest BCUT2D eigenvalue weighted by atomic mass is 10.2. The third-order valence-corrected chi connectivity index (χ3v) is 4.00. The van der Waals surface area contributed by atoms with E-state index in [-0.39, 0.29) is 22.4 Å². The summed E-state index contributed by atoms with van der Waals surface area (Å²) in [6.45, 7) is 5.35. The molecule has 1 saturated heterocycles. The fourth-order valence-electron chi connectivity index (χ4n) is 2.29. The van der Waals surface area contributed by atoms with E-state index in [4.69, 9.17) is 22.1 Å². The van der Waals surface area contributed by atoms with Crippen molar-refractivity contribution in [3.63, 3.8) is 0 Å². The number of hydrogen-bond donors (Lipinski definition) is 2. The molecule has 1 aromatic rings. The van der Waals surface area contributed by atoms with Crippen molar-refractivity contribution in [2.24, 2.45) is 0 Å². The first kappa shape index (κ1) is 16.1. The smallest absolute Gasteiger partial charge is 0.273 e. The summed E-state index contributed by atoms with van der Waals surface area (Å²) in [5.41, 5.74) is 5.78. The Morgan fingerprint density at radius 1 is 1.48 bits per heavy atom. The Bertz CT molecular complexity index is 473. The van der Waals surface area contributed by atoms with E-state index in [1.165, 1.54) is 0 Å². The fourth-order valence-corrected chi connectivity index (χ4v) is 2.45. The first-order valence-corrected chi connectivity index (χ1v) is 7.52. The van der Waals surface area contributed by atoms with Gasteiger partial charge in [0.15, 0.2) is 5.82 Å². The van der Waals surface area contributed by atoms with Crippen LogP contribution in [-0.2, 0) is 4.74 Å². The van der Waals surface area contributed by atoms with Crippen LogP contribution in [0.25, 0.3) is 0 Å². The van der Waals surface area contributed by atoms with Crippen LogP contribution in [0.3, 0.4) is 0 Å². The number of carbonyl (C=O) groups is 1. The summed E-state index contributed by atoms with van der Waals surface area (Å²) in [4.78, 5) is 16.2. The highest BCUT2D eigenvalue weighted by Gasteiger charge is 2.19. The summed E-state index contributed by atoms with van der Waals surface area (Å²) in [6.07, 6.45) is 2.00. The minimum atomic E-state index is -0.185. The van der Waals surface area contributed by atoms with E-state index >= 15 is 0 Å². The molecule has 0 saturated carbocycles. The van der Waals surface area contributed by atoms with E-state index in [1.54, 1.807) is 11.9 Å². The molecule has 1 fully saturated rings. The lowest BCUT2D eigenvalue weighted by molar-refractivity contribution is 0.0369. The summed E-state index contributed by atoms with van der Waals surface area (Å²) >= 11 is 5.93. The molecule has 7 nitrogen and oxygen atoms in total. The molecule has 1 amide bonds. The molecule has 0 unspecified atom stereocenters. The highest BCUT2D eigenvalue weighted by atomic mass is 35.5. The van der Waals surface area contributed by atoms with Gasteiger partial charge in [-0.2, -0.15) is 5.10 Å². The number of H-pyrrole nitrogens is 1. The molecule has 1 aliphatic heterocycles. The molecule has 1 aromatic heterocycles. The van der Waals surface area contributed by atoms with Crippen LogP contribution in [0.15, 0.2) is 0 Å². The number of nitrogens with zero attached hydrogens (tertiary/aromatic N) is 3. The van der Waals surface area contributed by atoms with Crippen LogP contribution in [0.5, 0.6) is 0 Å². The average molecular weight is 316 g/mol. The van der Waals surface area contributed by atoms with Gasteiger partial charge < -0.3 is 15.4 Å². The fraction of sp³-hybridized carbons (Fsp3) is 0.692. The zero-order valence-corrected chi connectivity index (χ0v) is 13.0. The van der Waals surface area contributed by atoms with Gasteiger partial charge in [0.1, 0.15) is 10.7 Å². The van der Waals surface area contributed by atoms with E-state index < -0.39 is 0 Å². The average Bonchev–Trinajstić information content (AvgIpc) is 2.83. The SMILES string of the molecule is CN(CCCCN1CCOCC1)C(=O)c1[nH]nc(N)c1Cl. The van der Waals surface area contributed by atoms with E-state index in [0.717, 1.165) is 45.7 Å². The lowest BCUT2D eigenvalue weighted by Gasteiger charge is -2.26. The lowest BCUT2D eigenvalue weighted by Crippen LogP contribution is -2.37. The van der Waals surface area contributed by atoms with Crippen molar-refractivity contribution < 1.29 is 9.53 Å². The van der Waals surface area contributed by atoms with E-state index in [2.05, 4.69) is 15.1 Å². The Kier molecular flexibility index (Phi) is 5.84. The second-order valence-corrected chi connectivity index (χ2v) is 5.56. The van der Waals surface area contributed by atoms with Crippen LogP contribution < -0.4 is 5.73 Å². The molecule has 2 rings (SSSR count). The van der Waals surface area contributed by atoms with Gasteiger partial charge in [0.05, 0.1) is 13.2 Å². The molecule has 0 spiro atoms. The number of aromatic amines is 1. The highest BCUT2D eigenvalue weighted by molar-refractivity contribution is 6.35. The minimum absolute atomic E-state index is 0.153. The molecular formula is C13H22ClN5O2. The van der Waals surface area contributed by atoms with Crippen molar-refractivity contribution in [2.75, 3.05) is 52.2 Å². The maximum absolute atomic E-state index is 12.2. The maximum atomic E-state index is 12.2. The van der Waals surface area contributed by atoms with Gasteiger partial charge >= 0.3 is 0 Å². The molecule has 21 heavy (non-hydrogen) atoms. The Morgan fingerprint density at radius 3 is 2.81 bits per heavy atom. The second kappa shape index (κ2) is 7.63. The van der Waals surface area contributed by atoms with Gasteiger partial charge in [-0.05, 0) is 19.4 Å². The Balaban J connectivity index is 1.70. The van der Waals surface area contributed by atoms with Crippen LogP contribution >= 0.6 is 11.6 Å². The number of nitrogens with two attached hydrogens (primary N) is 1. The Morgan fingerprint density at radius 2 is 2.19 bits per heavy atom. The van der Waals surface area contributed by atoms with Crippen molar-refractivity contribution in [3.05, 3.63) is 10.7 Å². The Hall–Kier alpha value is -1.31. The largest absolute Gasteiger partial charge is 0.381 e. The van der Waals surface area contributed by atoms with Crippen molar-refractivity contribution >= 4 is 23.3 Å². The zero-order chi connectivity index (χ0) is 15.2. The third-order valence-electron chi connectivity index (χ3n) is 3.61. The minimum Gasteiger partial charge on any atom is -0.381 e. The summed E-state index contributed by atoms with van der Waals surface area (Å²) in [6, 6.07) is 0. The van der Waals surface area contributed by atoms with Gasteiger partial charge in [0.25, 0.3) is 5.91 Å². The number of halogens is 1. The topological polar surface area (TPSA) is 87.5 Å². The first-order chi connectivity index (χ1) is 10.1. The van der Waals surface area contributed by atoms with E-state index in [1.807, 2.05) is 0 Å². The van der Waals surface area contributed by atoms with Crippen molar-refractivity contribution in [1.82, 2.24) is 20.0 Å². The van der Waals surface area contributed by atoms with Crippen LogP contribution in [0.2, 0.25) is 5.02 Å². The molecule has 0 atom stereocenters. The summed E-state index contributed by atoms with van der Waals surface area (Å²) in [5.74, 6) is -0.0312. The van der Waals surface area contributed by atoms with Crippen LogP contribution in [-0.4, -0.2) is 72.3 Å². The molecule has 118 valence electrons. The number of anilines is 1. The summed E-state index contributed by atoms with van der Waals surface area (Å²) < 4.78 is 5.31. The van der Waals surface area contributed by atoms with Gasteiger partial charge in [0.2, 0.25) is 0 Å². The summed E-state index contributed by atoms with van der Waals surface area (Å²) in [5, 5.41) is 6.50. The highest BCUT2D eigenvalue weighted by Crippen LogP contribution is 2.21. The van der Waals surface area contributed by atoms with Gasteiger partial charge in [-0.1, -0.05) is 11.6 Å². The van der Waals surface area contributed by atoms with Gasteiger partial charge in [-0.15, -0.1) is 0 Å². The van der Waals surface area contributed by atoms with Gasteiger partial charge in [-0.25, -0.2) is 0 Å². The van der Waals surface area contributed by atoms with Crippen LogP contribution in [0.1, 0.15) is 23.3 Å². The monoisotopic (exact) mass is 315 g/mol. The maximum Gasteiger partial charge on any atom is 0.273 e. The molecule has 0 bridgehead atoms. The molecule has 8 heteroatoms. The van der Waals surface area contributed by atoms with E-state index in [9.17, 15) is 4.79 Å². The predicted octanol–water partition coefficient (Wildman–Crippen LogP) is 0.830. The number of carbonyl (C=O) groups excluding carboxylic acids is 1. The number of unbranched alkanes of at least 4 members (excludes halogenated alkanes) is 1.